The van der Waals surface area contributed by atoms with Crippen molar-refractivity contribution in [2.45, 2.75) is 39.7 Å². The van der Waals surface area contributed by atoms with Gasteiger partial charge < -0.3 is 19.3 Å². The van der Waals surface area contributed by atoms with Crippen molar-refractivity contribution in [1.29, 1.82) is 0 Å². The highest BCUT2D eigenvalue weighted by Crippen LogP contribution is 2.29. The van der Waals surface area contributed by atoms with E-state index in [0.717, 1.165) is 28.6 Å². The van der Waals surface area contributed by atoms with Gasteiger partial charge in [0, 0.05) is 38.2 Å². The van der Waals surface area contributed by atoms with Crippen LogP contribution in [0.1, 0.15) is 36.8 Å². The van der Waals surface area contributed by atoms with Crippen molar-refractivity contribution >= 4 is 29.7 Å². The molecule has 0 saturated carbocycles. The Morgan fingerprint density at radius 3 is 2.48 bits per heavy atom. The quantitative estimate of drug-likeness (QED) is 0.128. The molecule has 2 N–H and O–H groups in total. The van der Waals surface area contributed by atoms with Crippen molar-refractivity contribution in [3.63, 3.8) is 0 Å². The van der Waals surface area contributed by atoms with Crippen molar-refractivity contribution < 1.29 is 37.4 Å². The number of alkyl halides is 3. The number of nitrogens with one attached hydrogen (secondary N) is 1. The average Bonchev–Trinajstić information content (AvgIpc) is 3.24. The van der Waals surface area contributed by atoms with Crippen LogP contribution in [0.25, 0.3) is 0 Å². The molecule has 11 nitrogen and oxygen atoms in total. The van der Waals surface area contributed by atoms with E-state index in [1.165, 1.54) is 28.7 Å². The number of carbonyl (C=O) groups is 2. The molecule has 0 saturated heterocycles. The molecule has 2 aromatic rings. The average molecular weight is 615 g/mol. The van der Waals surface area contributed by atoms with E-state index in [-0.39, 0.29) is 49.0 Å². The topological polar surface area (TPSA) is 112 Å². The molecule has 15 heteroatoms. The summed E-state index contributed by atoms with van der Waals surface area (Å²) in [5, 5.41) is 11.3. The normalized spacial score (nSPS) is 12.2. The summed E-state index contributed by atoms with van der Waals surface area (Å²) in [6.45, 7) is 8.90. The number of allylic oxidation sites excluding steroid dienone is 4. The minimum Gasteiger partial charge on any atom is -0.426 e. The minimum atomic E-state index is -4.83. The third-order valence-electron chi connectivity index (χ3n) is 5.53. The largest absolute Gasteiger partial charge is 0.572 e. The number of amides is 2. The summed E-state index contributed by atoms with van der Waals surface area (Å²) in [5.74, 6) is -0.943. The number of hydrogen-bond acceptors (Lipinski definition) is 8. The van der Waals surface area contributed by atoms with Crippen LogP contribution in [0.3, 0.4) is 0 Å². The molecule has 0 bridgehead atoms. The first-order valence-corrected chi connectivity index (χ1v) is 13.0. The van der Waals surface area contributed by atoms with Crippen molar-refractivity contribution in [2.24, 2.45) is 0 Å². The second-order valence-electron chi connectivity index (χ2n) is 9.32. The summed E-state index contributed by atoms with van der Waals surface area (Å²) in [6.07, 6.45) is -0.761. The molecule has 0 aliphatic rings. The smallest absolute Gasteiger partial charge is 0.426 e. The number of halogens is 4. The Morgan fingerprint density at radius 1 is 1.26 bits per heavy atom. The third-order valence-corrected chi connectivity index (χ3v) is 5.78. The molecule has 230 valence electrons. The highest BCUT2D eigenvalue weighted by atomic mass is 35.5. The Hall–Kier alpha value is -3.85. The van der Waals surface area contributed by atoms with Crippen LogP contribution in [-0.2, 0) is 16.1 Å². The van der Waals surface area contributed by atoms with Gasteiger partial charge in [0.05, 0.1) is 6.54 Å². The lowest BCUT2D eigenvalue weighted by Gasteiger charge is -2.23. The lowest BCUT2D eigenvalue weighted by atomic mass is 10.2. The number of ether oxygens (including phenoxy) is 2. The number of rotatable bonds is 15. The highest BCUT2D eigenvalue weighted by Gasteiger charge is 2.31. The monoisotopic (exact) mass is 614 g/mol. The third kappa shape index (κ3) is 10.5. The van der Waals surface area contributed by atoms with Crippen LogP contribution in [0.15, 0.2) is 60.6 Å². The molecule has 2 rings (SSSR count). The van der Waals surface area contributed by atoms with Gasteiger partial charge in [-0.3, -0.25) is 19.4 Å². The number of benzene rings is 1. The second kappa shape index (κ2) is 15.4. The zero-order valence-corrected chi connectivity index (χ0v) is 24.6. The van der Waals surface area contributed by atoms with Crippen molar-refractivity contribution in [1.82, 2.24) is 25.0 Å². The molecule has 0 aliphatic carbocycles. The van der Waals surface area contributed by atoms with Gasteiger partial charge in [0.2, 0.25) is 6.41 Å². The van der Waals surface area contributed by atoms with Gasteiger partial charge in [-0.1, -0.05) is 36.4 Å². The number of imidazole rings is 1. The maximum atomic E-state index is 13.7. The molecule has 0 unspecified atom stereocenters. The van der Waals surface area contributed by atoms with Crippen LogP contribution in [0.4, 0.5) is 19.0 Å². The molecule has 1 heterocycles. The minimum absolute atomic E-state index is 0.00386. The summed E-state index contributed by atoms with van der Waals surface area (Å²) < 4.78 is 48.2. The maximum absolute atomic E-state index is 13.7. The van der Waals surface area contributed by atoms with Crippen molar-refractivity contribution in [3.05, 3.63) is 76.9 Å². The van der Waals surface area contributed by atoms with Crippen molar-refractivity contribution in [2.75, 3.05) is 32.1 Å². The molecule has 42 heavy (non-hydrogen) atoms. The summed E-state index contributed by atoms with van der Waals surface area (Å²) in [4.78, 5) is 32.3. The Balaban J connectivity index is 2.46. The number of hydroxylamine groups is 1. The Morgan fingerprint density at radius 2 is 1.90 bits per heavy atom. The number of aromatic nitrogens is 2. The number of anilines is 1. The number of nitrogens with zero attached hydrogens (tertiary/aromatic N) is 5. The SMILES string of the molecule is C=C(/C=C\C=C(/C)OC(F)(F)F)Oc1nc(N(C)C=O)c(C(=O)N(C)CCNN(O)C(C)C)n1Cc1ccc(Cl)cc1. The van der Waals surface area contributed by atoms with E-state index < -0.39 is 18.0 Å². The molecule has 0 radical (unpaired) electrons. The van der Waals surface area contributed by atoms with Crippen LogP contribution >= 0.6 is 11.6 Å². The number of hydrazine groups is 1. The van der Waals surface area contributed by atoms with Crippen LogP contribution in [-0.4, -0.2) is 76.7 Å². The highest BCUT2D eigenvalue weighted by molar-refractivity contribution is 6.30. The van der Waals surface area contributed by atoms with E-state index in [1.54, 1.807) is 45.2 Å². The molecule has 0 spiro atoms. The molecule has 2 amide bonds. The first-order chi connectivity index (χ1) is 19.6. The Labute approximate surface area is 247 Å². The molecule has 1 aromatic carbocycles. The van der Waals surface area contributed by atoms with Gasteiger partial charge >= 0.3 is 12.4 Å². The fourth-order valence-electron chi connectivity index (χ4n) is 3.38. The number of likely N-dealkylation sites (N-methyl/N-ethyl adjacent to an activating group) is 1. The summed E-state index contributed by atoms with van der Waals surface area (Å²) in [7, 11) is 2.96. The molecule has 0 aliphatic heterocycles. The second-order valence-corrected chi connectivity index (χ2v) is 9.76. The summed E-state index contributed by atoms with van der Waals surface area (Å²) >= 11 is 6.03. The van der Waals surface area contributed by atoms with Gasteiger partial charge in [0.15, 0.2) is 11.5 Å². The van der Waals surface area contributed by atoms with E-state index in [2.05, 4.69) is 21.7 Å². The van der Waals surface area contributed by atoms with E-state index in [9.17, 15) is 28.0 Å². The van der Waals surface area contributed by atoms with Crippen LogP contribution in [0.2, 0.25) is 5.02 Å². The zero-order chi connectivity index (χ0) is 31.6. The molecule has 0 fully saturated rings. The number of carbonyl (C=O) groups excluding carboxylic acids is 2. The van der Waals surface area contributed by atoms with E-state index in [1.807, 2.05) is 0 Å². The standard InChI is InChI=1S/C27H34ClF3N6O5/c1-18(2)37(40)32-14-15-34(5)25(39)23-24(35(6)17-38)33-26(36(23)16-21-10-12-22(28)13-11-21)41-19(3)8-7-9-20(4)42-27(29,30)31/h7-13,17-18,32,40H,3,14-16H2,1-2,4-6H3/b8-7-,20-9+. The van der Waals surface area contributed by atoms with Crippen LogP contribution < -0.4 is 15.1 Å². The van der Waals surface area contributed by atoms with Crippen LogP contribution in [0.5, 0.6) is 6.01 Å². The predicted octanol–water partition coefficient (Wildman–Crippen LogP) is 4.74. The zero-order valence-electron chi connectivity index (χ0n) is 23.9. The van der Waals surface area contributed by atoms with E-state index in [0.29, 0.717) is 11.4 Å². The fraction of sp³-hybridized carbons (Fsp3) is 0.370. The lowest BCUT2D eigenvalue weighted by molar-refractivity contribution is -0.305. The Bertz CT molecular complexity index is 1290. The van der Waals surface area contributed by atoms with Gasteiger partial charge in [-0.15, -0.1) is 18.3 Å². The molecular formula is C27H34ClF3N6O5. The molecular weight excluding hydrogens is 581 g/mol. The van der Waals surface area contributed by atoms with Gasteiger partial charge in [-0.25, -0.2) is 5.43 Å². The van der Waals surface area contributed by atoms with E-state index >= 15 is 0 Å². The molecule has 1 aromatic heterocycles. The van der Waals surface area contributed by atoms with Crippen molar-refractivity contribution in [3.8, 4) is 6.01 Å². The molecule has 0 atom stereocenters. The van der Waals surface area contributed by atoms with Gasteiger partial charge in [-0.05, 0) is 50.6 Å². The van der Waals surface area contributed by atoms with Crippen LogP contribution in [0, 0.1) is 0 Å². The predicted molar refractivity (Wildman–Crippen MR) is 151 cm³/mol. The Kier molecular flexibility index (Phi) is 12.6. The lowest BCUT2D eigenvalue weighted by Crippen LogP contribution is -2.44. The van der Waals surface area contributed by atoms with Gasteiger partial charge in [0.25, 0.3) is 5.91 Å². The van der Waals surface area contributed by atoms with E-state index in [4.69, 9.17) is 16.3 Å². The first-order valence-electron chi connectivity index (χ1n) is 12.6. The summed E-state index contributed by atoms with van der Waals surface area (Å²) in [6, 6.07) is 6.51. The maximum Gasteiger partial charge on any atom is 0.572 e. The fourth-order valence-corrected chi connectivity index (χ4v) is 3.51. The van der Waals surface area contributed by atoms with Gasteiger partial charge in [0.1, 0.15) is 11.5 Å². The summed E-state index contributed by atoms with van der Waals surface area (Å²) in [5.41, 5.74) is 3.51. The number of hydrogen-bond donors (Lipinski definition) is 2. The van der Waals surface area contributed by atoms with Gasteiger partial charge in [-0.2, -0.15) is 4.98 Å². The first kappa shape index (κ1) is 34.4.